The summed E-state index contributed by atoms with van der Waals surface area (Å²) in [6.45, 7) is 2.49. The maximum absolute atomic E-state index is 11.9. The third-order valence-electron chi connectivity index (χ3n) is 4.25. The Balaban J connectivity index is 1.69. The summed E-state index contributed by atoms with van der Waals surface area (Å²) < 4.78 is 5.37. The van der Waals surface area contributed by atoms with E-state index in [1.54, 1.807) is 12.1 Å². The second-order valence-corrected chi connectivity index (χ2v) is 6.02. The monoisotopic (exact) mass is 349 g/mol. The van der Waals surface area contributed by atoms with Gasteiger partial charge < -0.3 is 20.9 Å². The molecule has 1 aliphatic carbocycles. The quantitative estimate of drug-likeness (QED) is 0.586. The second-order valence-electron chi connectivity index (χ2n) is 6.02. The highest BCUT2D eigenvalue weighted by molar-refractivity contribution is 5.92. The van der Waals surface area contributed by atoms with Gasteiger partial charge in [0.1, 0.15) is 5.75 Å². The molecule has 1 fully saturated rings. The van der Waals surface area contributed by atoms with Crippen LogP contribution in [0.3, 0.4) is 0 Å². The van der Waals surface area contributed by atoms with Gasteiger partial charge in [0.25, 0.3) is 5.91 Å². The molecule has 0 spiro atoms. The van der Waals surface area contributed by atoms with Gasteiger partial charge in [0.15, 0.2) is 6.61 Å². The molecule has 0 bridgehead atoms. The molecule has 0 aliphatic heterocycles. The van der Waals surface area contributed by atoms with Crippen LogP contribution < -0.4 is 15.8 Å². The zero-order chi connectivity index (χ0) is 18.4. The zero-order valence-electron chi connectivity index (χ0n) is 14.1. The number of likely N-dealkylation sites (N-methyl/N-ethyl adjacent to an activating group) is 1. The summed E-state index contributed by atoms with van der Waals surface area (Å²) in [5.41, 5.74) is 5.53. The SMILES string of the molecule is CCN(CC(=O)O)C1CC(NC(=O)COc2ccc(C(N)=O)cc2)C1. The number of nitrogens with two attached hydrogens (primary N) is 1. The van der Waals surface area contributed by atoms with Crippen molar-refractivity contribution in [1.82, 2.24) is 10.2 Å². The Labute approximate surface area is 145 Å². The normalized spacial score (nSPS) is 19.1. The molecule has 25 heavy (non-hydrogen) atoms. The van der Waals surface area contributed by atoms with Gasteiger partial charge in [0, 0.05) is 17.6 Å². The summed E-state index contributed by atoms with van der Waals surface area (Å²) in [7, 11) is 0. The van der Waals surface area contributed by atoms with Crippen LogP contribution in [0.4, 0.5) is 0 Å². The van der Waals surface area contributed by atoms with Crippen LogP contribution in [0.5, 0.6) is 5.75 Å². The first-order valence-electron chi connectivity index (χ1n) is 8.17. The van der Waals surface area contributed by atoms with Crippen LogP contribution in [0.25, 0.3) is 0 Å². The van der Waals surface area contributed by atoms with Gasteiger partial charge >= 0.3 is 5.97 Å². The minimum atomic E-state index is -0.843. The minimum absolute atomic E-state index is 0.0201. The number of hydrogen-bond donors (Lipinski definition) is 3. The highest BCUT2D eigenvalue weighted by Gasteiger charge is 2.34. The Morgan fingerprint density at radius 2 is 1.92 bits per heavy atom. The van der Waals surface area contributed by atoms with Crippen LogP contribution in [0.2, 0.25) is 0 Å². The third-order valence-corrected chi connectivity index (χ3v) is 4.25. The molecule has 0 atom stereocenters. The molecule has 1 aromatic carbocycles. The van der Waals surface area contributed by atoms with Crippen molar-refractivity contribution in [3.63, 3.8) is 0 Å². The van der Waals surface area contributed by atoms with Crippen LogP contribution in [-0.2, 0) is 9.59 Å². The van der Waals surface area contributed by atoms with Crippen molar-refractivity contribution < 1.29 is 24.2 Å². The average Bonchev–Trinajstić information content (AvgIpc) is 2.54. The van der Waals surface area contributed by atoms with Crippen molar-refractivity contribution in [3.8, 4) is 5.75 Å². The van der Waals surface area contributed by atoms with E-state index in [1.165, 1.54) is 12.1 Å². The van der Waals surface area contributed by atoms with Crippen molar-refractivity contribution in [2.45, 2.75) is 31.8 Å². The molecule has 4 N–H and O–H groups in total. The van der Waals surface area contributed by atoms with E-state index in [2.05, 4.69) is 5.32 Å². The number of ether oxygens (including phenoxy) is 1. The number of aliphatic carboxylic acids is 1. The average molecular weight is 349 g/mol. The van der Waals surface area contributed by atoms with Gasteiger partial charge in [-0.05, 0) is 43.7 Å². The number of carbonyl (C=O) groups excluding carboxylic acids is 2. The van der Waals surface area contributed by atoms with Crippen molar-refractivity contribution in [2.24, 2.45) is 5.73 Å². The number of amides is 2. The lowest BCUT2D eigenvalue weighted by molar-refractivity contribution is -0.139. The molecule has 136 valence electrons. The summed E-state index contributed by atoms with van der Waals surface area (Å²) in [5, 5.41) is 11.7. The minimum Gasteiger partial charge on any atom is -0.484 e. The number of nitrogens with zero attached hydrogens (tertiary/aromatic N) is 1. The lowest BCUT2D eigenvalue weighted by Crippen LogP contribution is -2.55. The van der Waals surface area contributed by atoms with Gasteiger partial charge in [-0.3, -0.25) is 19.3 Å². The molecule has 2 rings (SSSR count). The summed E-state index contributed by atoms with van der Waals surface area (Å²) >= 11 is 0. The van der Waals surface area contributed by atoms with E-state index >= 15 is 0 Å². The number of carboxylic acid groups (broad SMARTS) is 1. The molecule has 8 heteroatoms. The maximum atomic E-state index is 11.9. The first-order chi connectivity index (χ1) is 11.9. The smallest absolute Gasteiger partial charge is 0.317 e. The van der Waals surface area contributed by atoms with Gasteiger partial charge in [0.05, 0.1) is 6.54 Å². The number of carbonyl (C=O) groups is 3. The molecule has 0 saturated heterocycles. The van der Waals surface area contributed by atoms with Crippen LogP contribution >= 0.6 is 0 Å². The van der Waals surface area contributed by atoms with Crippen LogP contribution in [0.1, 0.15) is 30.1 Å². The van der Waals surface area contributed by atoms with Crippen molar-refractivity contribution in [1.29, 1.82) is 0 Å². The van der Waals surface area contributed by atoms with E-state index < -0.39 is 11.9 Å². The zero-order valence-corrected chi connectivity index (χ0v) is 14.1. The van der Waals surface area contributed by atoms with Crippen LogP contribution in [0.15, 0.2) is 24.3 Å². The second kappa shape index (κ2) is 8.48. The molecule has 8 nitrogen and oxygen atoms in total. The Morgan fingerprint density at radius 1 is 1.28 bits per heavy atom. The highest BCUT2D eigenvalue weighted by Crippen LogP contribution is 2.25. The first kappa shape index (κ1) is 18.7. The molecular weight excluding hydrogens is 326 g/mol. The first-order valence-corrected chi connectivity index (χ1v) is 8.17. The molecular formula is C17H23N3O5. The summed E-state index contributed by atoms with van der Waals surface area (Å²) in [4.78, 5) is 35.6. The van der Waals surface area contributed by atoms with Crippen molar-refractivity contribution >= 4 is 17.8 Å². The third kappa shape index (κ3) is 5.46. The van der Waals surface area contributed by atoms with Crippen LogP contribution in [0, 0.1) is 0 Å². The molecule has 1 saturated carbocycles. The topological polar surface area (TPSA) is 122 Å². The molecule has 0 radical (unpaired) electrons. The highest BCUT2D eigenvalue weighted by atomic mass is 16.5. The van der Waals surface area contributed by atoms with E-state index in [4.69, 9.17) is 15.6 Å². The molecule has 0 aromatic heterocycles. The summed E-state index contributed by atoms with van der Waals surface area (Å²) in [6.07, 6.45) is 1.47. The number of rotatable bonds is 9. The van der Waals surface area contributed by atoms with Crippen molar-refractivity contribution in [3.05, 3.63) is 29.8 Å². The fraction of sp³-hybridized carbons (Fsp3) is 0.471. The number of primary amides is 1. The molecule has 1 aromatic rings. The number of nitrogens with one attached hydrogen (secondary N) is 1. The van der Waals surface area contributed by atoms with E-state index in [0.29, 0.717) is 17.9 Å². The lowest BCUT2D eigenvalue weighted by atomic mass is 9.85. The predicted molar refractivity (Wildman–Crippen MR) is 90.3 cm³/mol. The predicted octanol–water partition coefficient (Wildman–Crippen LogP) is 0.218. The maximum Gasteiger partial charge on any atom is 0.317 e. The van der Waals surface area contributed by atoms with Gasteiger partial charge in [-0.25, -0.2) is 0 Å². The lowest BCUT2D eigenvalue weighted by Gasteiger charge is -2.42. The standard InChI is InChI=1S/C17H23N3O5/c1-2-20(9-16(22)23)13-7-12(8-13)19-15(21)10-25-14-5-3-11(4-6-14)17(18)24/h3-6,12-13H,2,7-10H2,1H3,(H2,18,24)(H,19,21)(H,22,23). The Hall–Kier alpha value is -2.61. The van der Waals surface area contributed by atoms with Gasteiger partial charge in [0.2, 0.25) is 5.91 Å². The molecule has 2 amide bonds. The fourth-order valence-corrected chi connectivity index (χ4v) is 2.81. The number of carboxylic acids is 1. The van der Waals surface area contributed by atoms with Crippen LogP contribution in [-0.4, -0.2) is 59.6 Å². The van der Waals surface area contributed by atoms with Crippen molar-refractivity contribution in [2.75, 3.05) is 19.7 Å². The Bertz CT molecular complexity index is 626. The largest absolute Gasteiger partial charge is 0.484 e. The van der Waals surface area contributed by atoms with Gasteiger partial charge in [-0.2, -0.15) is 0 Å². The molecule has 0 heterocycles. The Morgan fingerprint density at radius 3 is 2.44 bits per heavy atom. The summed E-state index contributed by atoms with van der Waals surface area (Å²) in [6, 6.07) is 6.46. The van der Waals surface area contributed by atoms with E-state index in [1.807, 2.05) is 11.8 Å². The Kier molecular flexibility index (Phi) is 6.35. The van der Waals surface area contributed by atoms with Gasteiger partial charge in [-0.1, -0.05) is 6.92 Å². The summed E-state index contributed by atoms with van der Waals surface area (Å²) in [5.74, 6) is -1.12. The number of hydrogen-bond acceptors (Lipinski definition) is 5. The number of benzene rings is 1. The van der Waals surface area contributed by atoms with E-state index in [9.17, 15) is 14.4 Å². The van der Waals surface area contributed by atoms with E-state index in [-0.39, 0.29) is 31.1 Å². The van der Waals surface area contributed by atoms with Gasteiger partial charge in [-0.15, -0.1) is 0 Å². The van der Waals surface area contributed by atoms with E-state index in [0.717, 1.165) is 12.8 Å². The fourth-order valence-electron chi connectivity index (χ4n) is 2.81. The molecule has 1 aliphatic rings. The molecule has 0 unspecified atom stereocenters.